The van der Waals surface area contributed by atoms with E-state index in [1.165, 1.54) is 23.2 Å². The maximum atomic E-state index is 13.3. The zero-order valence-electron chi connectivity index (χ0n) is 15.9. The lowest BCUT2D eigenvalue weighted by Gasteiger charge is -2.23. The van der Waals surface area contributed by atoms with Crippen LogP contribution in [0.15, 0.2) is 35.2 Å². The van der Waals surface area contributed by atoms with Crippen molar-refractivity contribution in [2.75, 3.05) is 5.32 Å². The molecule has 1 aliphatic carbocycles. The van der Waals surface area contributed by atoms with Gasteiger partial charge in [0.2, 0.25) is 5.28 Å². The number of nitrogens with one attached hydrogen (secondary N) is 1. The van der Waals surface area contributed by atoms with E-state index in [-0.39, 0.29) is 10.2 Å². The van der Waals surface area contributed by atoms with Crippen LogP contribution in [0, 0.1) is 13.8 Å². The van der Waals surface area contributed by atoms with Crippen LogP contribution in [0.2, 0.25) is 5.28 Å². The molecule has 148 valence electrons. The number of aromatic nitrogens is 3. The highest BCUT2D eigenvalue weighted by Crippen LogP contribution is 2.31. The molecule has 0 aliphatic heterocycles. The molecule has 28 heavy (non-hydrogen) atoms. The highest BCUT2D eigenvalue weighted by Gasteiger charge is 2.25. The first-order chi connectivity index (χ1) is 13.4. The van der Waals surface area contributed by atoms with E-state index >= 15 is 0 Å². The van der Waals surface area contributed by atoms with Crippen LogP contribution in [-0.2, 0) is 10.0 Å². The summed E-state index contributed by atoms with van der Waals surface area (Å²) in [6.45, 7) is 3.68. The van der Waals surface area contributed by atoms with Gasteiger partial charge >= 0.3 is 0 Å². The third-order valence-corrected chi connectivity index (χ3v) is 7.25. The number of halogens is 1. The van der Waals surface area contributed by atoms with E-state index < -0.39 is 10.0 Å². The van der Waals surface area contributed by atoms with Crippen LogP contribution in [-0.4, -0.2) is 28.4 Å². The van der Waals surface area contributed by atoms with E-state index in [4.69, 9.17) is 11.6 Å². The monoisotopic (exact) mass is 418 g/mol. The molecule has 0 saturated heterocycles. The summed E-state index contributed by atoms with van der Waals surface area (Å²) in [6, 6.07) is 8.92. The van der Waals surface area contributed by atoms with Crippen molar-refractivity contribution < 1.29 is 8.42 Å². The zero-order chi connectivity index (χ0) is 19.9. The minimum Gasteiger partial charge on any atom is -0.367 e. The van der Waals surface area contributed by atoms with Gasteiger partial charge in [-0.3, -0.25) is 0 Å². The Hall–Kier alpha value is -2.12. The summed E-state index contributed by atoms with van der Waals surface area (Å²) in [4.78, 5) is 8.83. The molecule has 0 unspecified atom stereocenters. The molecule has 0 amide bonds. The predicted octanol–water partition coefficient (Wildman–Crippen LogP) is 4.68. The summed E-state index contributed by atoms with van der Waals surface area (Å²) in [7, 11) is -3.80. The van der Waals surface area contributed by atoms with Gasteiger partial charge in [0.25, 0.3) is 10.0 Å². The van der Waals surface area contributed by atoms with Gasteiger partial charge in [0.1, 0.15) is 5.82 Å². The van der Waals surface area contributed by atoms with Gasteiger partial charge < -0.3 is 5.32 Å². The van der Waals surface area contributed by atoms with Gasteiger partial charge in [0, 0.05) is 11.7 Å². The lowest BCUT2D eigenvalue weighted by atomic mass is 9.95. The molecule has 1 fully saturated rings. The van der Waals surface area contributed by atoms with Crippen LogP contribution in [0.4, 0.5) is 5.82 Å². The van der Waals surface area contributed by atoms with Gasteiger partial charge in [0.05, 0.1) is 10.3 Å². The van der Waals surface area contributed by atoms with Gasteiger partial charge in [-0.15, -0.1) is 0 Å². The Labute approximate surface area is 170 Å². The quantitative estimate of drug-likeness (QED) is 0.622. The van der Waals surface area contributed by atoms with Crippen molar-refractivity contribution in [1.29, 1.82) is 0 Å². The first-order valence-electron chi connectivity index (χ1n) is 9.50. The Morgan fingerprint density at radius 1 is 1.07 bits per heavy atom. The Bertz CT molecular complexity index is 1120. The highest BCUT2D eigenvalue weighted by molar-refractivity contribution is 7.90. The summed E-state index contributed by atoms with van der Waals surface area (Å²) in [5, 5.41) is 4.16. The molecule has 0 bridgehead atoms. The summed E-state index contributed by atoms with van der Waals surface area (Å²) >= 11 is 6.17. The maximum Gasteiger partial charge on any atom is 0.269 e. The second-order valence-electron chi connectivity index (χ2n) is 7.43. The van der Waals surface area contributed by atoms with Crippen LogP contribution < -0.4 is 5.32 Å². The zero-order valence-corrected chi connectivity index (χ0v) is 17.5. The first-order valence-corrected chi connectivity index (χ1v) is 11.3. The molecule has 0 radical (unpaired) electrons. The third-order valence-electron chi connectivity index (χ3n) is 5.27. The molecule has 1 N–H and O–H groups in total. The molecule has 2 heterocycles. The SMILES string of the molecule is Cc1ccc(S(=O)(=O)n2c(C)cc3c(NC4CCCCC4)nc(Cl)nc32)cc1. The lowest BCUT2D eigenvalue weighted by Crippen LogP contribution is -2.23. The van der Waals surface area contributed by atoms with E-state index in [1.54, 1.807) is 31.2 Å². The number of nitrogens with zero attached hydrogens (tertiary/aromatic N) is 3. The largest absolute Gasteiger partial charge is 0.367 e. The van der Waals surface area contributed by atoms with Gasteiger partial charge in [-0.25, -0.2) is 17.4 Å². The normalized spacial score (nSPS) is 15.8. The average Bonchev–Trinajstić information content (AvgIpc) is 2.99. The Morgan fingerprint density at radius 3 is 2.43 bits per heavy atom. The molecular formula is C20H23ClN4O2S. The average molecular weight is 419 g/mol. The van der Waals surface area contributed by atoms with E-state index in [2.05, 4.69) is 15.3 Å². The van der Waals surface area contributed by atoms with Crippen molar-refractivity contribution in [3.8, 4) is 0 Å². The van der Waals surface area contributed by atoms with E-state index in [1.807, 2.05) is 13.0 Å². The van der Waals surface area contributed by atoms with Crippen molar-refractivity contribution >= 4 is 38.5 Å². The third kappa shape index (κ3) is 3.49. The molecule has 2 aromatic heterocycles. The van der Waals surface area contributed by atoms with Crippen molar-refractivity contribution in [2.24, 2.45) is 0 Å². The Balaban J connectivity index is 1.84. The van der Waals surface area contributed by atoms with Crippen LogP contribution in [0.1, 0.15) is 43.4 Å². The van der Waals surface area contributed by atoms with Crippen LogP contribution in [0.25, 0.3) is 11.0 Å². The minimum atomic E-state index is -3.80. The van der Waals surface area contributed by atoms with Gasteiger partial charge in [-0.2, -0.15) is 4.98 Å². The fourth-order valence-corrected chi connectivity index (χ4v) is 5.48. The van der Waals surface area contributed by atoms with E-state index in [9.17, 15) is 8.42 Å². The molecular weight excluding hydrogens is 396 g/mol. The molecule has 0 spiro atoms. The molecule has 1 saturated carbocycles. The van der Waals surface area contributed by atoms with Crippen LogP contribution in [0.5, 0.6) is 0 Å². The standard InChI is InChI=1S/C20H23ClN4O2S/c1-13-8-10-16(11-9-13)28(26,27)25-14(2)12-17-18(23-20(21)24-19(17)25)22-15-6-4-3-5-7-15/h8-12,15H,3-7H2,1-2H3,(H,22,23,24). The van der Waals surface area contributed by atoms with E-state index in [0.29, 0.717) is 28.6 Å². The number of hydrogen-bond donors (Lipinski definition) is 1. The second-order valence-corrected chi connectivity index (χ2v) is 9.55. The second kappa shape index (κ2) is 7.37. The number of fused-ring (bicyclic) bond motifs is 1. The number of anilines is 1. The topological polar surface area (TPSA) is 76.9 Å². The molecule has 6 nitrogen and oxygen atoms in total. The molecule has 4 rings (SSSR count). The van der Waals surface area contributed by atoms with Crippen LogP contribution >= 0.6 is 11.6 Å². The summed E-state index contributed by atoms with van der Waals surface area (Å²) < 4.78 is 27.8. The predicted molar refractivity (Wildman–Crippen MR) is 112 cm³/mol. The summed E-state index contributed by atoms with van der Waals surface area (Å²) in [5.74, 6) is 0.600. The maximum absolute atomic E-state index is 13.3. The fraction of sp³-hybridized carbons (Fsp3) is 0.400. The molecule has 8 heteroatoms. The number of hydrogen-bond acceptors (Lipinski definition) is 5. The minimum absolute atomic E-state index is 0.0317. The van der Waals surface area contributed by atoms with Crippen molar-refractivity contribution in [1.82, 2.24) is 13.9 Å². The fourth-order valence-electron chi connectivity index (χ4n) is 3.82. The van der Waals surface area contributed by atoms with E-state index in [0.717, 1.165) is 18.4 Å². The molecule has 1 aliphatic rings. The molecule has 0 atom stereocenters. The smallest absolute Gasteiger partial charge is 0.269 e. The van der Waals surface area contributed by atoms with Crippen LogP contribution in [0.3, 0.4) is 0 Å². The molecule has 3 aromatic rings. The van der Waals surface area contributed by atoms with Gasteiger partial charge in [-0.05, 0) is 56.5 Å². The molecule has 1 aromatic carbocycles. The van der Waals surface area contributed by atoms with Gasteiger partial charge in [0.15, 0.2) is 5.65 Å². The summed E-state index contributed by atoms with van der Waals surface area (Å²) in [6.07, 6.45) is 5.76. The summed E-state index contributed by atoms with van der Waals surface area (Å²) in [5.41, 5.74) is 1.87. The lowest BCUT2D eigenvalue weighted by molar-refractivity contribution is 0.462. The number of rotatable bonds is 4. The number of aryl methyl sites for hydroxylation is 2. The van der Waals surface area contributed by atoms with Crippen molar-refractivity contribution in [3.63, 3.8) is 0 Å². The van der Waals surface area contributed by atoms with Gasteiger partial charge in [-0.1, -0.05) is 37.0 Å². The highest BCUT2D eigenvalue weighted by atomic mass is 35.5. The first kappa shape index (κ1) is 19.2. The van der Waals surface area contributed by atoms with Crippen molar-refractivity contribution in [3.05, 3.63) is 46.9 Å². The van der Waals surface area contributed by atoms with Crippen molar-refractivity contribution in [2.45, 2.75) is 56.9 Å². The Morgan fingerprint density at radius 2 is 1.75 bits per heavy atom. The number of benzene rings is 1. The Kier molecular flexibility index (Phi) is 5.05.